The van der Waals surface area contributed by atoms with Crippen molar-refractivity contribution in [2.45, 2.75) is 38.1 Å². The summed E-state index contributed by atoms with van der Waals surface area (Å²) in [6.07, 6.45) is 13.2. The molecule has 1 saturated heterocycles. The minimum absolute atomic E-state index is 0.462. The SMILES string of the molecule is CN1CCC(Nc2ncc3c(n2)CCCC=C3c2ccc3nccnc3c2)CC1. The maximum absolute atomic E-state index is 4.92. The molecule has 1 aliphatic carbocycles. The molecule has 5 rings (SSSR count). The molecule has 2 aromatic heterocycles. The van der Waals surface area contributed by atoms with Gasteiger partial charge in [0, 0.05) is 30.2 Å². The molecule has 0 amide bonds. The number of aryl methyl sites for hydroxylation is 1. The van der Waals surface area contributed by atoms with Crippen molar-refractivity contribution in [2.24, 2.45) is 0 Å². The maximum Gasteiger partial charge on any atom is 0.223 e. The van der Waals surface area contributed by atoms with Gasteiger partial charge in [-0.25, -0.2) is 9.97 Å². The Kier molecular flexibility index (Phi) is 4.94. The predicted octanol–water partition coefficient (Wildman–Crippen LogP) is 3.69. The standard InChI is InChI=1S/C23H26N6/c1-29-12-8-17(9-13-29)27-23-26-15-19-18(4-2-3-5-20(19)28-23)16-6-7-21-22(14-16)25-11-10-24-21/h4,6-7,10-11,14-15,17H,2-3,5,8-9,12-13H2,1H3,(H,26,27,28). The monoisotopic (exact) mass is 386 g/mol. The van der Waals surface area contributed by atoms with Crippen LogP contribution in [0.5, 0.6) is 0 Å². The van der Waals surface area contributed by atoms with Gasteiger partial charge in [-0.1, -0.05) is 12.1 Å². The highest BCUT2D eigenvalue weighted by atomic mass is 15.2. The Labute approximate surface area is 171 Å². The molecule has 0 unspecified atom stereocenters. The van der Waals surface area contributed by atoms with Crippen LogP contribution in [0.2, 0.25) is 0 Å². The summed E-state index contributed by atoms with van der Waals surface area (Å²) in [7, 11) is 2.18. The van der Waals surface area contributed by atoms with Crippen molar-refractivity contribution >= 4 is 22.6 Å². The normalized spacial score (nSPS) is 18.2. The number of hydrogen-bond donors (Lipinski definition) is 1. The Balaban J connectivity index is 1.44. The Morgan fingerprint density at radius 3 is 2.72 bits per heavy atom. The second-order valence-electron chi connectivity index (χ2n) is 8.05. The third-order valence-electron chi connectivity index (χ3n) is 5.96. The van der Waals surface area contributed by atoms with Crippen LogP contribution in [0.25, 0.3) is 16.6 Å². The molecule has 6 heteroatoms. The number of fused-ring (bicyclic) bond motifs is 2. The molecule has 3 heterocycles. The summed E-state index contributed by atoms with van der Waals surface area (Å²) >= 11 is 0. The van der Waals surface area contributed by atoms with Crippen LogP contribution in [-0.2, 0) is 6.42 Å². The molecule has 0 radical (unpaired) electrons. The number of likely N-dealkylation sites (tertiary alicyclic amines) is 1. The van der Waals surface area contributed by atoms with Crippen LogP contribution in [0.3, 0.4) is 0 Å². The average Bonchev–Trinajstić information content (AvgIpc) is 2.97. The van der Waals surface area contributed by atoms with Crippen molar-refractivity contribution in [3.8, 4) is 0 Å². The average molecular weight is 387 g/mol. The van der Waals surface area contributed by atoms with Crippen LogP contribution in [0.15, 0.2) is 42.9 Å². The van der Waals surface area contributed by atoms with E-state index in [2.05, 4.69) is 50.4 Å². The van der Waals surface area contributed by atoms with Crippen molar-refractivity contribution in [3.63, 3.8) is 0 Å². The molecular weight excluding hydrogens is 360 g/mol. The van der Waals surface area contributed by atoms with Gasteiger partial charge in [0.15, 0.2) is 0 Å². The van der Waals surface area contributed by atoms with Gasteiger partial charge in [0.2, 0.25) is 5.95 Å². The fourth-order valence-corrected chi connectivity index (χ4v) is 4.27. The quantitative estimate of drug-likeness (QED) is 0.740. The molecule has 0 bridgehead atoms. The number of piperidine rings is 1. The highest BCUT2D eigenvalue weighted by molar-refractivity contribution is 5.86. The molecule has 1 aliphatic heterocycles. The zero-order valence-electron chi connectivity index (χ0n) is 16.8. The number of allylic oxidation sites excluding steroid dienone is 1. The van der Waals surface area contributed by atoms with E-state index >= 15 is 0 Å². The summed E-state index contributed by atoms with van der Waals surface area (Å²) in [5, 5.41) is 3.56. The lowest BCUT2D eigenvalue weighted by Crippen LogP contribution is -2.37. The number of rotatable bonds is 3. The smallest absolute Gasteiger partial charge is 0.223 e. The molecule has 0 saturated carbocycles. The molecule has 0 atom stereocenters. The summed E-state index contributed by atoms with van der Waals surface area (Å²) in [5.41, 5.74) is 6.47. The molecule has 1 fully saturated rings. The van der Waals surface area contributed by atoms with E-state index in [0.717, 1.165) is 79.0 Å². The van der Waals surface area contributed by atoms with Crippen LogP contribution in [-0.4, -0.2) is 51.0 Å². The Hall–Kier alpha value is -2.86. The van der Waals surface area contributed by atoms with Gasteiger partial charge in [0.25, 0.3) is 0 Å². The van der Waals surface area contributed by atoms with Crippen LogP contribution in [0, 0.1) is 0 Å². The zero-order valence-corrected chi connectivity index (χ0v) is 16.8. The van der Waals surface area contributed by atoms with E-state index < -0.39 is 0 Å². The lowest BCUT2D eigenvalue weighted by molar-refractivity contribution is 0.263. The van der Waals surface area contributed by atoms with Gasteiger partial charge in [0.05, 0.1) is 16.7 Å². The molecule has 6 nitrogen and oxygen atoms in total. The maximum atomic E-state index is 4.92. The third kappa shape index (κ3) is 3.85. The molecule has 3 aromatic rings. The van der Waals surface area contributed by atoms with E-state index in [-0.39, 0.29) is 0 Å². The van der Waals surface area contributed by atoms with E-state index in [1.54, 1.807) is 12.4 Å². The number of nitrogens with one attached hydrogen (secondary N) is 1. The molecule has 1 aromatic carbocycles. The highest BCUT2D eigenvalue weighted by Gasteiger charge is 2.20. The van der Waals surface area contributed by atoms with Gasteiger partial charge in [-0.3, -0.25) is 9.97 Å². The van der Waals surface area contributed by atoms with Gasteiger partial charge < -0.3 is 10.2 Å². The van der Waals surface area contributed by atoms with Gasteiger partial charge in [-0.05, 0) is 75.5 Å². The Bertz CT molecular complexity index is 1050. The molecule has 29 heavy (non-hydrogen) atoms. The Morgan fingerprint density at radius 1 is 1.03 bits per heavy atom. The third-order valence-corrected chi connectivity index (χ3v) is 5.96. The lowest BCUT2D eigenvalue weighted by atomic mass is 9.97. The number of aromatic nitrogens is 4. The van der Waals surface area contributed by atoms with E-state index in [4.69, 9.17) is 4.98 Å². The fraction of sp³-hybridized carbons (Fsp3) is 0.391. The van der Waals surface area contributed by atoms with E-state index in [1.807, 2.05) is 12.3 Å². The second-order valence-corrected chi connectivity index (χ2v) is 8.05. The summed E-state index contributed by atoms with van der Waals surface area (Å²) in [4.78, 5) is 20.8. The van der Waals surface area contributed by atoms with Crippen LogP contribution in [0.1, 0.15) is 42.5 Å². The summed E-state index contributed by atoms with van der Waals surface area (Å²) in [6.45, 7) is 2.25. The van der Waals surface area contributed by atoms with Crippen molar-refractivity contribution in [1.82, 2.24) is 24.8 Å². The molecule has 148 valence electrons. The van der Waals surface area contributed by atoms with Crippen LogP contribution in [0.4, 0.5) is 5.95 Å². The van der Waals surface area contributed by atoms with E-state index in [0.29, 0.717) is 6.04 Å². The predicted molar refractivity (Wildman–Crippen MR) is 116 cm³/mol. The van der Waals surface area contributed by atoms with Gasteiger partial charge >= 0.3 is 0 Å². The summed E-state index contributed by atoms with van der Waals surface area (Å²) < 4.78 is 0. The number of hydrogen-bond acceptors (Lipinski definition) is 6. The first kappa shape index (κ1) is 18.2. The number of benzene rings is 1. The topological polar surface area (TPSA) is 66.8 Å². The Morgan fingerprint density at radius 2 is 1.86 bits per heavy atom. The fourth-order valence-electron chi connectivity index (χ4n) is 4.27. The number of anilines is 1. The molecule has 0 spiro atoms. The van der Waals surface area contributed by atoms with E-state index in [9.17, 15) is 0 Å². The highest BCUT2D eigenvalue weighted by Crippen LogP contribution is 2.31. The number of nitrogens with zero attached hydrogens (tertiary/aromatic N) is 5. The first-order valence-electron chi connectivity index (χ1n) is 10.5. The molecular formula is C23H26N6. The minimum Gasteiger partial charge on any atom is -0.351 e. The minimum atomic E-state index is 0.462. The molecule has 1 N–H and O–H groups in total. The second kappa shape index (κ2) is 7.87. The van der Waals surface area contributed by atoms with Crippen LogP contribution < -0.4 is 5.32 Å². The summed E-state index contributed by atoms with van der Waals surface area (Å²) in [5.74, 6) is 0.768. The van der Waals surface area contributed by atoms with Crippen molar-refractivity contribution < 1.29 is 0 Å². The van der Waals surface area contributed by atoms with E-state index in [1.165, 1.54) is 5.57 Å². The van der Waals surface area contributed by atoms with Crippen LogP contribution >= 0.6 is 0 Å². The first-order valence-corrected chi connectivity index (χ1v) is 10.5. The van der Waals surface area contributed by atoms with Crippen molar-refractivity contribution in [1.29, 1.82) is 0 Å². The first-order chi connectivity index (χ1) is 14.3. The summed E-state index contributed by atoms with van der Waals surface area (Å²) in [6, 6.07) is 6.75. The van der Waals surface area contributed by atoms with Gasteiger partial charge in [0.1, 0.15) is 0 Å². The van der Waals surface area contributed by atoms with Gasteiger partial charge in [-0.15, -0.1) is 0 Å². The van der Waals surface area contributed by atoms with Crippen molar-refractivity contribution in [3.05, 3.63) is 59.7 Å². The largest absolute Gasteiger partial charge is 0.351 e. The van der Waals surface area contributed by atoms with Gasteiger partial charge in [-0.2, -0.15) is 0 Å². The molecule has 2 aliphatic rings. The van der Waals surface area contributed by atoms with Crippen molar-refractivity contribution in [2.75, 3.05) is 25.5 Å². The zero-order chi connectivity index (χ0) is 19.6. The lowest BCUT2D eigenvalue weighted by Gasteiger charge is -2.29.